The van der Waals surface area contributed by atoms with E-state index in [9.17, 15) is 0 Å². The molecular weight excluding hydrogens is 278 g/mol. The smallest absolute Gasteiger partial charge is 0.225 e. The van der Waals surface area contributed by atoms with Gasteiger partial charge in [-0.05, 0) is 6.42 Å². The molecule has 0 radical (unpaired) electrons. The number of anilines is 1. The number of nitrogens with zero attached hydrogens (tertiary/aromatic N) is 4. The minimum atomic E-state index is -0.427. The van der Waals surface area contributed by atoms with Crippen molar-refractivity contribution in [2.24, 2.45) is 0 Å². The first kappa shape index (κ1) is 14.0. The van der Waals surface area contributed by atoms with Crippen LogP contribution in [0.3, 0.4) is 0 Å². The zero-order valence-corrected chi connectivity index (χ0v) is 11.3. The zero-order valence-electron chi connectivity index (χ0n) is 11.3. The summed E-state index contributed by atoms with van der Waals surface area (Å²) in [6, 6.07) is 0. The summed E-state index contributed by atoms with van der Waals surface area (Å²) in [5.41, 5.74) is 1.07. The summed E-state index contributed by atoms with van der Waals surface area (Å²) >= 11 is 0. The van der Waals surface area contributed by atoms with E-state index >= 15 is 0 Å². The monoisotopic (exact) mass is 295 g/mol. The van der Waals surface area contributed by atoms with Crippen LogP contribution in [0.2, 0.25) is 0 Å². The molecule has 0 unspecified atom stereocenters. The number of ether oxygens (including phenoxy) is 1. The molecule has 0 amide bonds. The molecule has 0 bridgehead atoms. The predicted molar refractivity (Wildman–Crippen MR) is 72.5 cm³/mol. The first-order chi connectivity index (χ1) is 10.3. The molecule has 21 heavy (non-hydrogen) atoms. The van der Waals surface area contributed by atoms with Crippen molar-refractivity contribution in [3.8, 4) is 0 Å². The molecule has 2 atom stereocenters. The van der Waals surface area contributed by atoms with Crippen molar-refractivity contribution in [2.75, 3.05) is 25.1 Å². The molecule has 1 aliphatic heterocycles. The van der Waals surface area contributed by atoms with Gasteiger partial charge in [0.15, 0.2) is 11.3 Å². The maximum absolute atomic E-state index is 9.05. The van der Waals surface area contributed by atoms with Crippen LogP contribution in [0.15, 0.2) is 12.7 Å². The van der Waals surface area contributed by atoms with Crippen LogP contribution in [0.5, 0.6) is 0 Å². The van der Waals surface area contributed by atoms with Crippen LogP contribution in [0, 0.1) is 0 Å². The molecule has 3 N–H and O–H groups in total. The minimum absolute atomic E-state index is 0.00116. The molecule has 3 rings (SSSR count). The van der Waals surface area contributed by atoms with Gasteiger partial charge in [-0.2, -0.15) is 0 Å². The molecule has 2 aromatic rings. The summed E-state index contributed by atoms with van der Waals surface area (Å²) in [6.45, 7) is 0.368. The Kier molecular flexibility index (Phi) is 4.13. The highest BCUT2D eigenvalue weighted by molar-refractivity contribution is 5.82. The Morgan fingerprint density at radius 3 is 3.00 bits per heavy atom. The number of aliphatic hydroxyl groups is 2. The topological polar surface area (TPSA) is 115 Å². The Morgan fingerprint density at radius 1 is 1.33 bits per heavy atom. The lowest BCUT2D eigenvalue weighted by Crippen LogP contribution is -2.26. The number of nitrogens with one attached hydrogen (secondary N) is 1. The van der Waals surface area contributed by atoms with Gasteiger partial charge in [-0.3, -0.25) is 0 Å². The Balaban J connectivity index is 1.77. The summed E-state index contributed by atoms with van der Waals surface area (Å²) < 4.78 is 6.95. The maximum Gasteiger partial charge on any atom is 0.225 e. The lowest BCUT2D eigenvalue weighted by atomic mass is 10.2. The standard InChI is InChI=1S/C12H17N5O4/c18-4-3-13-11-10-12(15-6-14-11)17(7-16-10)21-9-2-1-8(5-19)20-9/h6-9,18-19H,1-5H2,(H,13,14,15)/t8-,9+/m0/s1. The van der Waals surface area contributed by atoms with Crippen molar-refractivity contribution >= 4 is 17.0 Å². The second-order valence-corrected chi connectivity index (χ2v) is 4.67. The van der Waals surface area contributed by atoms with Crippen molar-refractivity contribution < 1.29 is 19.8 Å². The fourth-order valence-corrected chi connectivity index (χ4v) is 2.21. The molecule has 0 aliphatic carbocycles. The third kappa shape index (κ3) is 2.89. The van der Waals surface area contributed by atoms with Gasteiger partial charge in [0, 0.05) is 13.0 Å². The second kappa shape index (κ2) is 6.20. The molecule has 0 spiro atoms. The molecule has 0 aromatic carbocycles. The van der Waals surface area contributed by atoms with Gasteiger partial charge in [0.1, 0.15) is 12.7 Å². The van der Waals surface area contributed by atoms with Gasteiger partial charge in [-0.25, -0.2) is 15.0 Å². The van der Waals surface area contributed by atoms with E-state index in [4.69, 9.17) is 19.8 Å². The van der Waals surface area contributed by atoms with E-state index in [1.807, 2.05) is 0 Å². The highest BCUT2D eigenvalue weighted by Crippen LogP contribution is 2.21. The summed E-state index contributed by atoms with van der Waals surface area (Å²) in [4.78, 5) is 18.1. The molecule has 3 heterocycles. The largest absolute Gasteiger partial charge is 0.395 e. The Labute approximate surface area is 120 Å². The van der Waals surface area contributed by atoms with Crippen LogP contribution in [0.25, 0.3) is 11.2 Å². The van der Waals surface area contributed by atoms with Gasteiger partial charge in [0.25, 0.3) is 0 Å². The Bertz CT molecular complexity index is 604. The first-order valence-electron chi connectivity index (χ1n) is 6.78. The van der Waals surface area contributed by atoms with Crippen molar-refractivity contribution in [2.45, 2.75) is 25.2 Å². The maximum atomic E-state index is 9.05. The molecule has 2 aromatic heterocycles. The molecule has 1 fully saturated rings. The lowest BCUT2D eigenvalue weighted by molar-refractivity contribution is -0.140. The van der Waals surface area contributed by atoms with Crippen molar-refractivity contribution in [1.82, 2.24) is 19.7 Å². The van der Waals surface area contributed by atoms with Crippen LogP contribution in [-0.4, -0.2) is 62.0 Å². The van der Waals surface area contributed by atoms with E-state index in [1.54, 1.807) is 0 Å². The molecule has 9 nitrogen and oxygen atoms in total. The number of imidazole rings is 1. The van der Waals surface area contributed by atoms with Crippen LogP contribution >= 0.6 is 0 Å². The fourth-order valence-electron chi connectivity index (χ4n) is 2.21. The van der Waals surface area contributed by atoms with E-state index in [2.05, 4.69) is 20.3 Å². The van der Waals surface area contributed by atoms with Crippen LogP contribution in [-0.2, 0) is 4.74 Å². The van der Waals surface area contributed by atoms with E-state index in [0.29, 0.717) is 29.9 Å². The molecule has 0 saturated carbocycles. The van der Waals surface area contributed by atoms with E-state index < -0.39 is 6.29 Å². The van der Waals surface area contributed by atoms with Gasteiger partial charge in [0.05, 0.1) is 19.3 Å². The SMILES string of the molecule is OCCNc1ncnc2c1ncn2O[C@@H]1CC[C@@H](CO)O1. The number of hydrogen-bond donors (Lipinski definition) is 3. The van der Waals surface area contributed by atoms with Gasteiger partial charge in [-0.1, -0.05) is 0 Å². The van der Waals surface area contributed by atoms with E-state index in [0.717, 1.165) is 6.42 Å². The van der Waals surface area contributed by atoms with Crippen LogP contribution < -0.4 is 10.2 Å². The third-order valence-corrected chi connectivity index (χ3v) is 3.21. The quantitative estimate of drug-likeness (QED) is 0.632. The van der Waals surface area contributed by atoms with E-state index in [1.165, 1.54) is 17.4 Å². The second-order valence-electron chi connectivity index (χ2n) is 4.67. The summed E-state index contributed by atoms with van der Waals surface area (Å²) in [7, 11) is 0. The van der Waals surface area contributed by atoms with Gasteiger partial charge < -0.3 is 25.1 Å². The Morgan fingerprint density at radius 2 is 2.24 bits per heavy atom. The molecule has 9 heteroatoms. The summed E-state index contributed by atoms with van der Waals surface area (Å²) in [6.07, 6.45) is 3.75. The van der Waals surface area contributed by atoms with Gasteiger partial charge in [-0.15, -0.1) is 4.73 Å². The van der Waals surface area contributed by atoms with Crippen LogP contribution in [0.1, 0.15) is 12.8 Å². The number of aliphatic hydroxyl groups excluding tert-OH is 2. The lowest BCUT2D eigenvalue weighted by Gasteiger charge is -2.14. The van der Waals surface area contributed by atoms with Crippen molar-refractivity contribution in [1.29, 1.82) is 0 Å². The summed E-state index contributed by atoms with van der Waals surface area (Å²) in [5, 5.41) is 20.9. The van der Waals surface area contributed by atoms with Crippen LogP contribution in [0.4, 0.5) is 5.82 Å². The van der Waals surface area contributed by atoms with Crippen molar-refractivity contribution in [3.63, 3.8) is 0 Å². The normalized spacial score (nSPS) is 21.8. The van der Waals surface area contributed by atoms with Crippen molar-refractivity contribution in [3.05, 3.63) is 12.7 Å². The summed E-state index contributed by atoms with van der Waals surface area (Å²) in [5.74, 6) is 0.539. The number of rotatable bonds is 6. The molecule has 1 aliphatic rings. The van der Waals surface area contributed by atoms with Gasteiger partial charge in [0.2, 0.25) is 11.9 Å². The third-order valence-electron chi connectivity index (χ3n) is 3.21. The average Bonchev–Trinajstić information content (AvgIpc) is 3.13. The predicted octanol–water partition coefficient (Wildman–Crippen LogP) is -0.843. The minimum Gasteiger partial charge on any atom is -0.395 e. The number of hydrogen-bond acceptors (Lipinski definition) is 8. The highest BCUT2D eigenvalue weighted by Gasteiger charge is 2.27. The fraction of sp³-hybridized carbons (Fsp3) is 0.583. The number of fused-ring (bicyclic) bond motifs is 1. The molecule has 114 valence electrons. The number of aromatic nitrogens is 4. The average molecular weight is 295 g/mol. The first-order valence-corrected chi connectivity index (χ1v) is 6.78. The van der Waals surface area contributed by atoms with E-state index in [-0.39, 0.29) is 19.3 Å². The van der Waals surface area contributed by atoms with Gasteiger partial charge >= 0.3 is 0 Å². The highest BCUT2D eigenvalue weighted by atomic mass is 16.8. The molecule has 1 saturated heterocycles. The zero-order chi connectivity index (χ0) is 14.7. The molecular formula is C12H17N5O4. The Hall–Kier alpha value is -1.97.